The van der Waals surface area contributed by atoms with Crippen molar-refractivity contribution in [2.45, 2.75) is 0 Å². The average molecular weight is 233 g/mol. The lowest BCUT2D eigenvalue weighted by molar-refractivity contribution is -0.354. The monoisotopic (exact) mass is 233 g/mol. The molecule has 86 valence electrons. The lowest BCUT2D eigenvalue weighted by atomic mass is 10.2. The van der Waals surface area contributed by atoms with Crippen LogP contribution < -0.4 is 0 Å². The zero-order chi connectivity index (χ0) is 12.3. The summed E-state index contributed by atoms with van der Waals surface area (Å²) >= 11 is 0. The Morgan fingerprint density at radius 2 is 1.59 bits per heavy atom. The highest BCUT2D eigenvalue weighted by molar-refractivity contribution is 5.76. The fourth-order valence-corrected chi connectivity index (χ4v) is 1.37. The molecule has 0 N–H and O–H groups in total. The van der Waals surface area contributed by atoms with E-state index in [1.165, 1.54) is 36.4 Å². The predicted molar refractivity (Wildman–Crippen MR) is 61.3 cm³/mol. The van der Waals surface area contributed by atoms with Gasteiger partial charge in [0.1, 0.15) is 11.6 Å². The van der Waals surface area contributed by atoms with Crippen LogP contribution in [0.15, 0.2) is 48.5 Å². The summed E-state index contributed by atoms with van der Waals surface area (Å²) in [5, 5.41) is 11.6. The molecule has 2 nitrogen and oxygen atoms in total. The van der Waals surface area contributed by atoms with Crippen LogP contribution in [0.3, 0.4) is 0 Å². The van der Waals surface area contributed by atoms with Crippen LogP contribution in [0.5, 0.6) is 0 Å². The van der Waals surface area contributed by atoms with Gasteiger partial charge in [0, 0.05) is 12.1 Å². The van der Waals surface area contributed by atoms with E-state index >= 15 is 0 Å². The average Bonchev–Trinajstić information content (AvgIpc) is 2.33. The van der Waals surface area contributed by atoms with Gasteiger partial charge in [-0.1, -0.05) is 12.1 Å². The Hall–Kier alpha value is -2.23. The molecule has 0 saturated carbocycles. The van der Waals surface area contributed by atoms with Gasteiger partial charge in [-0.25, -0.2) is 8.78 Å². The molecule has 0 unspecified atom stereocenters. The summed E-state index contributed by atoms with van der Waals surface area (Å²) < 4.78 is 26.4. The van der Waals surface area contributed by atoms with E-state index in [2.05, 4.69) is 0 Å². The maximum atomic E-state index is 13.3. The Labute approximate surface area is 97.0 Å². The van der Waals surface area contributed by atoms with Crippen molar-refractivity contribution < 1.29 is 13.5 Å². The van der Waals surface area contributed by atoms with Crippen LogP contribution in [-0.2, 0) is 0 Å². The number of hydrogen-bond acceptors (Lipinski definition) is 1. The summed E-state index contributed by atoms with van der Waals surface area (Å²) in [7, 11) is 0. The quantitative estimate of drug-likeness (QED) is 0.338. The minimum atomic E-state index is -0.476. The molecule has 0 fully saturated rings. The Balaban J connectivity index is 2.34. The number of halogens is 2. The molecule has 0 spiro atoms. The molecule has 2 aromatic carbocycles. The summed E-state index contributed by atoms with van der Waals surface area (Å²) in [6.45, 7) is 0. The van der Waals surface area contributed by atoms with Crippen LogP contribution in [0.25, 0.3) is 0 Å². The van der Waals surface area contributed by atoms with Crippen LogP contribution in [-0.4, -0.2) is 11.0 Å². The zero-order valence-corrected chi connectivity index (χ0v) is 8.81. The van der Waals surface area contributed by atoms with Gasteiger partial charge in [0.15, 0.2) is 6.21 Å². The van der Waals surface area contributed by atoms with Gasteiger partial charge in [-0.3, -0.25) is 0 Å². The van der Waals surface area contributed by atoms with Crippen molar-refractivity contribution in [3.63, 3.8) is 0 Å². The molecule has 0 bridgehead atoms. The van der Waals surface area contributed by atoms with Gasteiger partial charge in [-0.15, -0.1) is 0 Å². The first kappa shape index (κ1) is 11.3. The Kier molecular flexibility index (Phi) is 3.14. The third-order valence-corrected chi connectivity index (χ3v) is 2.24. The van der Waals surface area contributed by atoms with E-state index in [1.54, 1.807) is 12.1 Å². The van der Waals surface area contributed by atoms with Crippen LogP contribution in [0.2, 0.25) is 0 Å². The molecule has 0 saturated heterocycles. The standard InChI is InChI=1S/C13H9F2NO/c14-11-5-7-12(8-6-11)16(17)9-10-3-1-2-4-13(10)15/h1-9H. The predicted octanol–water partition coefficient (Wildman–Crippen LogP) is 3.23. The maximum Gasteiger partial charge on any atom is 0.216 e. The van der Waals surface area contributed by atoms with Crippen molar-refractivity contribution >= 4 is 11.9 Å². The summed E-state index contributed by atoms with van der Waals surface area (Å²) in [6, 6.07) is 10.9. The van der Waals surface area contributed by atoms with Gasteiger partial charge in [0.25, 0.3) is 0 Å². The van der Waals surface area contributed by atoms with Gasteiger partial charge in [-0.2, -0.15) is 4.74 Å². The van der Waals surface area contributed by atoms with Crippen LogP contribution >= 0.6 is 0 Å². The lowest BCUT2D eigenvalue weighted by Crippen LogP contribution is -2.00. The Morgan fingerprint density at radius 3 is 2.24 bits per heavy atom. The van der Waals surface area contributed by atoms with Crippen molar-refractivity contribution in [3.8, 4) is 0 Å². The molecular formula is C13H9F2NO. The largest absolute Gasteiger partial charge is 0.618 e. The van der Waals surface area contributed by atoms with Gasteiger partial charge >= 0.3 is 0 Å². The Morgan fingerprint density at radius 1 is 0.941 bits per heavy atom. The van der Waals surface area contributed by atoms with Gasteiger partial charge in [-0.05, 0) is 24.3 Å². The van der Waals surface area contributed by atoms with Gasteiger partial charge in [0.05, 0.1) is 5.56 Å². The maximum absolute atomic E-state index is 13.3. The molecule has 0 heterocycles. The molecule has 0 atom stereocenters. The highest BCUT2D eigenvalue weighted by Gasteiger charge is 2.05. The van der Waals surface area contributed by atoms with E-state index in [9.17, 15) is 14.0 Å². The van der Waals surface area contributed by atoms with E-state index in [-0.39, 0.29) is 11.3 Å². The first-order chi connectivity index (χ1) is 8.16. The third kappa shape index (κ3) is 2.66. The molecule has 4 heteroatoms. The second-order valence-electron chi connectivity index (χ2n) is 3.45. The summed E-state index contributed by atoms with van der Waals surface area (Å²) in [5.41, 5.74) is 0.432. The number of nitrogens with zero attached hydrogens (tertiary/aromatic N) is 1. The normalized spacial score (nSPS) is 11.5. The highest BCUT2D eigenvalue weighted by atomic mass is 19.1. The molecule has 0 radical (unpaired) electrons. The first-order valence-corrected chi connectivity index (χ1v) is 4.98. The molecule has 0 aliphatic heterocycles. The highest BCUT2D eigenvalue weighted by Crippen LogP contribution is 2.12. The Bertz CT molecular complexity index is 550. The van der Waals surface area contributed by atoms with Crippen molar-refractivity contribution in [3.05, 3.63) is 70.9 Å². The van der Waals surface area contributed by atoms with E-state index in [0.29, 0.717) is 4.74 Å². The first-order valence-electron chi connectivity index (χ1n) is 4.98. The van der Waals surface area contributed by atoms with Crippen LogP contribution in [0.1, 0.15) is 5.56 Å². The number of hydrogen-bond donors (Lipinski definition) is 0. The molecule has 17 heavy (non-hydrogen) atoms. The van der Waals surface area contributed by atoms with Crippen molar-refractivity contribution in [1.82, 2.24) is 0 Å². The number of rotatable bonds is 2. The molecule has 2 rings (SSSR count). The minimum absolute atomic E-state index is 0.187. The summed E-state index contributed by atoms with van der Waals surface area (Å²) in [6.07, 6.45) is 1.11. The second-order valence-corrected chi connectivity index (χ2v) is 3.45. The third-order valence-electron chi connectivity index (χ3n) is 2.24. The molecule has 2 aromatic rings. The molecular weight excluding hydrogens is 224 g/mol. The van der Waals surface area contributed by atoms with E-state index in [1.807, 2.05) is 0 Å². The molecule has 0 aliphatic rings. The van der Waals surface area contributed by atoms with Crippen LogP contribution in [0, 0.1) is 16.8 Å². The van der Waals surface area contributed by atoms with Crippen molar-refractivity contribution in [2.75, 3.05) is 0 Å². The molecule has 0 amide bonds. The fraction of sp³-hybridized carbons (Fsp3) is 0. The topological polar surface area (TPSA) is 26.1 Å². The smallest absolute Gasteiger partial charge is 0.216 e. The van der Waals surface area contributed by atoms with E-state index < -0.39 is 11.6 Å². The van der Waals surface area contributed by atoms with Gasteiger partial charge in [0.2, 0.25) is 5.69 Å². The fourth-order valence-electron chi connectivity index (χ4n) is 1.37. The minimum Gasteiger partial charge on any atom is -0.618 e. The van der Waals surface area contributed by atoms with Gasteiger partial charge < -0.3 is 5.21 Å². The summed E-state index contributed by atoms with van der Waals surface area (Å²) in [5.74, 6) is -0.900. The summed E-state index contributed by atoms with van der Waals surface area (Å²) in [4.78, 5) is 0. The second kappa shape index (κ2) is 4.74. The van der Waals surface area contributed by atoms with Crippen LogP contribution in [0.4, 0.5) is 14.5 Å². The number of benzene rings is 2. The molecule has 0 aromatic heterocycles. The molecule has 0 aliphatic carbocycles. The zero-order valence-electron chi connectivity index (χ0n) is 8.81. The lowest BCUT2D eigenvalue weighted by Gasteiger charge is -2.03. The van der Waals surface area contributed by atoms with Crippen molar-refractivity contribution in [1.29, 1.82) is 0 Å². The SMILES string of the molecule is [O-][N+](=Cc1ccccc1F)c1ccc(F)cc1. The van der Waals surface area contributed by atoms with E-state index in [4.69, 9.17) is 0 Å². The van der Waals surface area contributed by atoms with Crippen molar-refractivity contribution in [2.24, 2.45) is 0 Å². The van der Waals surface area contributed by atoms with E-state index in [0.717, 1.165) is 6.21 Å².